The van der Waals surface area contributed by atoms with Crippen LogP contribution in [0.15, 0.2) is 53.7 Å². The van der Waals surface area contributed by atoms with Gasteiger partial charge in [-0.15, -0.1) is 0 Å². The molecule has 0 saturated heterocycles. The van der Waals surface area contributed by atoms with Crippen LogP contribution in [-0.4, -0.2) is 29.8 Å². The van der Waals surface area contributed by atoms with Crippen molar-refractivity contribution in [2.75, 3.05) is 18.9 Å². The van der Waals surface area contributed by atoms with E-state index < -0.39 is 11.7 Å². The molecule has 8 heteroatoms. The third-order valence-electron chi connectivity index (χ3n) is 2.85. The highest BCUT2D eigenvalue weighted by molar-refractivity contribution is 7.99. The summed E-state index contributed by atoms with van der Waals surface area (Å²) in [4.78, 5) is 15.4. The second-order valence-electron chi connectivity index (χ2n) is 4.68. The molecule has 1 amide bonds. The van der Waals surface area contributed by atoms with Gasteiger partial charge in [0.1, 0.15) is 12.4 Å². The molecule has 4 nitrogen and oxygen atoms in total. The quantitative estimate of drug-likeness (QED) is 0.610. The Bertz CT molecular complexity index is 649. The van der Waals surface area contributed by atoms with Gasteiger partial charge < -0.3 is 10.1 Å². The minimum Gasteiger partial charge on any atom is -0.492 e. The largest absolute Gasteiger partial charge is 0.492 e. The van der Waals surface area contributed by atoms with Gasteiger partial charge in [0, 0.05) is 6.20 Å². The number of thioether (sulfide) groups is 1. The summed E-state index contributed by atoms with van der Waals surface area (Å²) in [6.45, 7) is 0.674. The van der Waals surface area contributed by atoms with E-state index in [2.05, 4.69) is 10.3 Å². The number of halogens is 3. The molecule has 0 unspecified atom stereocenters. The standard InChI is InChI=1S/C16H15F3N2O2S/c17-16(18,19)12-6-7-15(21-10-12)24-11-14(22)20-8-9-23-13-4-2-1-3-5-13/h1-7,10H,8-9,11H2,(H,20,22). The zero-order chi connectivity index (χ0) is 17.4. The molecule has 0 aliphatic carbocycles. The number of nitrogens with zero attached hydrogens (tertiary/aromatic N) is 1. The van der Waals surface area contributed by atoms with Crippen LogP contribution in [0.25, 0.3) is 0 Å². The van der Waals surface area contributed by atoms with E-state index in [1.165, 1.54) is 6.07 Å². The molecular formula is C16H15F3N2O2S. The molecule has 1 heterocycles. The maximum atomic E-state index is 12.4. The molecule has 128 valence electrons. The normalized spacial score (nSPS) is 11.1. The maximum absolute atomic E-state index is 12.4. The fraction of sp³-hybridized carbons (Fsp3) is 0.250. The summed E-state index contributed by atoms with van der Waals surface area (Å²) in [5.41, 5.74) is -0.811. The number of benzene rings is 1. The van der Waals surface area contributed by atoms with Crippen molar-refractivity contribution in [1.82, 2.24) is 10.3 Å². The number of ether oxygens (including phenoxy) is 1. The zero-order valence-corrected chi connectivity index (χ0v) is 13.4. The highest BCUT2D eigenvalue weighted by Crippen LogP contribution is 2.29. The Hall–Kier alpha value is -2.22. The number of aromatic nitrogens is 1. The summed E-state index contributed by atoms with van der Waals surface area (Å²) < 4.78 is 42.6. The minimum atomic E-state index is -4.41. The van der Waals surface area contributed by atoms with Crippen molar-refractivity contribution < 1.29 is 22.7 Å². The van der Waals surface area contributed by atoms with Gasteiger partial charge in [-0.2, -0.15) is 13.2 Å². The first-order valence-corrected chi connectivity index (χ1v) is 8.04. The predicted octanol–water partition coefficient (Wildman–Crippen LogP) is 3.39. The van der Waals surface area contributed by atoms with Crippen molar-refractivity contribution >= 4 is 17.7 Å². The van der Waals surface area contributed by atoms with E-state index in [0.717, 1.165) is 29.8 Å². The minimum absolute atomic E-state index is 0.0731. The van der Waals surface area contributed by atoms with E-state index in [-0.39, 0.29) is 11.7 Å². The van der Waals surface area contributed by atoms with E-state index in [1.807, 2.05) is 30.3 Å². The lowest BCUT2D eigenvalue weighted by Gasteiger charge is -2.08. The van der Waals surface area contributed by atoms with Gasteiger partial charge >= 0.3 is 6.18 Å². The summed E-state index contributed by atoms with van der Waals surface area (Å²) in [7, 11) is 0. The molecule has 0 spiro atoms. The number of alkyl halides is 3. The van der Waals surface area contributed by atoms with Crippen LogP contribution in [0.4, 0.5) is 13.2 Å². The summed E-state index contributed by atoms with van der Waals surface area (Å²) in [5, 5.41) is 3.03. The number of carbonyl (C=O) groups excluding carboxylic acids is 1. The molecular weight excluding hydrogens is 341 g/mol. The first-order chi connectivity index (χ1) is 11.4. The lowest BCUT2D eigenvalue weighted by Crippen LogP contribution is -2.29. The number of amides is 1. The Morgan fingerprint density at radius 2 is 1.92 bits per heavy atom. The predicted molar refractivity (Wildman–Crippen MR) is 84.9 cm³/mol. The molecule has 2 rings (SSSR count). The Morgan fingerprint density at radius 1 is 1.17 bits per heavy atom. The molecule has 24 heavy (non-hydrogen) atoms. The highest BCUT2D eigenvalue weighted by Gasteiger charge is 2.30. The smallest absolute Gasteiger partial charge is 0.417 e. The molecule has 0 aliphatic heterocycles. The molecule has 0 fully saturated rings. The Morgan fingerprint density at radius 3 is 2.54 bits per heavy atom. The monoisotopic (exact) mass is 356 g/mol. The van der Waals surface area contributed by atoms with Crippen LogP contribution in [0.5, 0.6) is 5.75 Å². The fourth-order valence-corrected chi connectivity index (χ4v) is 2.37. The second-order valence-corrected chi connectivity index (χ2v) is 5.68. The maximum Gasteiger partial charge on any atom is 0.417 e. The molecule has 0 bridgehead atoms. The fourth-order valence-electron chi connectivity index (χ4n) is 1.70. The van der Waals surface area contributed by atoms with Gasteiger partial charge in [0.05, 0.1) is 22.9 Å². The van der Waals surface area contributed by atoms with Crippen molar-refractivity contribution in [3.05, 3.63) is 54.2 Å². The van der Waals surface area contributed by atoms with E-state index in [0.29, 0.717) is 18.2 Å². The van der Waals surface area contributed by atoms with Gasteiger partial charge in [0.15, 0.2) is 0 Å². The summed E-state index contributed by atoms with van der Waals surface area (Å²) in [6.07, 6.45) is -3.65. The molecule has 2 aromatic rings. The Kier molecular flexibility index (Phi) is 6.48. The van der Waals surface area contributed by atoms with Crippen LogP contribution in [-0.2, 0) is 11.0 Å². The summed E-state index contributed by atoms with van der Waals surface area (Å²) in [5.74, 6) is 0.553. The number of nitrogens with one attached hydrogen (secondary N) is 1. The SMILES string of the molecule is O=C(CSc1ccc(C(F)(F)F)cn1)NCCOc1ccccc1. The van der Waals surface area contributed by atoms with E-state index in [1.54, 1.807) is 0 Å². The lowest BCUT2D eigenvalue weighted by molar-refractivity contribution is -0.137. The topological polar surface area (TPSA) is 51.2 Å². The number of carbonyl (C=O) groups is 1. The van der Waals surface area contributed by atoms with Gasteiger partial charge in [0.25, 0.3) is 0 Å². The number of pyridine rings is 1. The summed E-state index contributed by atoms with van der Waals surface area (Å²) >= 11 is 1.07. The van der Waals surface area contributed by atoms with Gasteiger partial charge in [-0.05, 0) is 24.3 Å². The number of para-hydroxylation sites is 1. The first kappa shape index (κ1) is 18.1. The average molecular weight is 356 g/mol. The van der Waals surface area contributed by atoms with Crippen LogP contribution in [0.3, 0.4) is 0 Å². The van der Waals surface area contributed by atoms with Gasteiger partial charge in [-0.25, -0.2) is 4.98 Å². The third kappa shape index (κ3) is 6.11. The molecule has 0 saturated carbocycles. The average Bonchev–Trinajstić information content (AvgIpc) is 2.57. The molecule has 1 aromatic heterocycles. The van der Waals surface area contributed by atoms with Crippen LogP contribution < -0.4 is 10.1 Å². The zero-order valence-electron chi connectivity index (χ0n) is 12.5. The van der Waals surface area contributed by atoms with Crippen molar-refractivity contribution in [2.24, 2.45) is 0 Å². The van der Waals surface area contributed by atoms with Crippen LogP contribution in [0, 0.1) is 0 Å². The number of rotatable bonds is 7. The third-order valence-corrected chi connectivity index (χ3v) is 3.79. The molecule has 1 aromatic carbocycles. The van der Waals surface area contributed by atoms with Crippen LogP contribution in [0.1, 0.15) is 5.56 Å². The Labute approximate surface area is 141 Å². The molecule has 0 radical (unpaired) electrons. The highest BCUT2D eigenvalue weighted by atomic mass is 32.2. The van der Waals surface area contributed by atoms with Gasteiger partial charge in [-0.1, -0.05) is 30.0 Å². The van der Waals surface area contributed by atoms with Crippen LogP contribution >= 0.6 is 11.8 Å². The van der Waals surface area contributed by atoms with E-state index in [4.69, 9.17) is 4.74 Å². The van der Waals surface area contributed by atoms with E-state index >= 15 is 0 Å². The molecule has 1 N–H and O–H groups in total. The number of hydrogen-bond acceptors (Lipinski definition) is 4. The lowest BCUT2D eigenvalue weighted by atomic mass is 10.3. The first-order valence-electron chi connectivity index (χ1n) is 7.06. The molecule has 0 aliphatic rings. The number of hydrogen-bond donors (Lipinski definition) is 1. The van der Waals surface area contributed by atoms with Crippen molar-refractivity contribution in [3.8, 4) is 5.75 Å². The van der Waals surface area contributed by atoms with Crippen LogP contribution in [0.2, 0.25) is 0 Å². The van der Waals surface area contributed by atoms with Gasteiger partial charge in [0.2, 0.25) is 5.91 Å². The van der Waals surface area contributed by atoms with Crippen molar-refractivity contribution in [2.45, 2.75) is 11.2 Å². The van der Waals surface area contributed by atoms with E-state index in [9.17, 15) is 18.0 Å². The van der Waals surface area contributed by atoms with Crippen molar-refractivity contribution in [1.29, 1.82) is 0 Å². The van der Waals surface area contributed by atoms with Gasteiger partial charge in [-0.3, -0.25) is 4.79 Å². The Balaban J connectivity index is 1.66. The second kappa shape index (κ2) is 8.58. The van der Waals surface area contributed by atoms with Crippen molar-refractivity contribution in [3.63, 3.8) is 0 Å². The molecule has 0 atom stereocenters. The summed E-state index contributed by atoms with van der Waals surface area (Å²) in [6, 6.07) is 11.4.